The number of benzene rings is 2. The summed E-state index contributed by atoms with van der Waals surface area (Å²) in [5, 5.41) is 10.1. The SMILES string of the molecule is CCC(=O)N(c1ccccc1)C1CCN([C@H](C)c2ccccc2O)CC1. The fourth-order valence-electron chi connectivity index (χ4n) is 3.89. The number of para-hydroxylation sites is 2. The van der Waals surface area contributed by atoms with Crippen LogP contribution >= 0.6 is 0 Å². The topological polar surface area (TPSA) is 43.8 Å². The maximum Gasteiger partial charge on any atom is 0.226 e. The zero-order valence-corrected chi connectivity index (χ0v) is 15.6. The van der Waals surface area contributed by atoms with Gasteiger partial charge in [0.2, 0.25) is 5.91 Å². The van der Waals surface area contributed by atoms with E-state index in [4.69, 9.17) is 0 Å². The number of carbonyl (C=O) groups excluding carboxylic acids is 1. The molecule has 1 saturated heterocycles. The van der Waals surface area contributed by atoms with E-state index in [1.165, 1.54) is 0 Å². The van der Waals surface area contributed by atoms with Crippen molar-refractivity contribution in [1.29, 1.82) is 0 Å². The van der Waals surface area contributed by atoms with Gasteiger partial charge in [0.05, 0.1) is 0 Å². The Morgan fingerprint density at radius 2 is 1.73 bits per heavy atom. The van der Waals surface area contributed by atoms with E-state index in [0.717, 1.165) is 37.2 Å². The van der Waals surface area contributed by atoms with Gasteiger partial charge in [0, 0.05) is 42.8 Å². The molecule has 0 aliphatic carbocycles. The summed E-state index contributed by atoms with van der Waals surface area (Å²) >= 11 is 0. The first-order valence-electron chi connectivity index (χ1n) is 9.51. The van der Waals surface area contributed by atoms with E-state index in [1.807, 2.05) is 60.4 Å². The molecule has 0 unspecified atom stereocenters. The minimum atomic E-state index is 0.171. The second-order valence-electron chi connectivity index (χ2n) is 6.95. The Bertz CT molecular complexity index is 724. The zero-order chi connectivity index (χ0) is 18.5. The van der Waals surface area contributed by atoms with Gasteiger partial charge >= 0.3 is 0 Å². The Morgan fingerprint density at radius 3 is 2.35 bits per heavy atom. The van der Waals surface area contributed by atoms with Gasteiger partial charge in [-0.2, -0.15) is 0 Å². The number of carbonyl (C=O) groups is 1. The number of phenolic OH excluding ortho intramolecular Hbond substituents is 1. The molecule has 1 amide bonds. The molecule has 0 bridgehead atoms. The molecule has 1 aliphatic rings. The van der Waals surface area contributed by atoms with Crippen LogP contribution < -0.4 is 4.90 Å². The lowest BCUT2D eigenvalue weighted by Gasteiger charge is -2.41. The smallest absolute Gasteiger partial charge is 0.226 e. The average molecular weight is 352 g/mol. The fourth-order valence-corrected chi connectivity index (χ4v) is 3.89. The Kier molecular flexibility index (Phi) is 5.94. The number of nitrogens with zero attached hydrogens (tertiary/aromatic N) is 2. The molecule has 1 aliphatic heterocycles. The lowest BCUT2D eigenvalue weighted by molar-refractivity contribution is -0.119. The van der Waals surface area contributed by atoms with Crippen LogP contribution in [0.3, 0.4) is 0 Å². The van der Waals surface area contributed by atoms with Gasteiger partial charge in [0.1, 0.15) is 5.75 Å². The Hall–Kier alpha value is -2.33. The third-order valence-corrected chi connectivity index (χ3v) is 5.40. The summed E-state index contributed by atoms with van der Waals surface area (Å²) in [6, 6.07) is 18.0. The minimum absolute atomic E-state index is 0.171. The number of piperidine rings is 1. The molecule has 0 spiro atoms. The van der Waals surface area contributed by atoms with Crippen molar-refractivity contribution in [3.05, 3.63) is 60.2 Å². The Labute approximate surface area is 156 Å². The average Bonchev–Trinajstić information content (AvgIpc) is 2.69. The number of anilines is 1. The maximum absolute atomic E-state index is 12.6. The van der Waals surface area contributed by atoms with Gasteiger partial charge < -0.3 is 10.0 Å². The molecule has 1 atom stereocenters. The van der Waals surface area contributed by atoms with Gasteiger partial charge in [0.25, 0.3) is 0 Å². The molecule has 26 heavy (non-hydrogen) atoms. The maximum atomic E-state index is 12.6. The van der Waals surface area contributed by atoms with Gasteiger partial charge in [-0.25, -0.2) is 0 Å². The first-order valence-corrected chi connectivity index (χ1v) is 9.51. The molecule has 138 valence electrons. The first-order chi connectivity index (χ1) is 12.6. The summed E-state index contributed by atoms with van der Waals surface area (Å²) in [4.78, 5) is 17.0. The van der Waals surface area contributed by atoms with Crippen LogP contribution in [0.15, 0.2) is 54.6 Å². The molecule has 0 radical (unpaired) electrons. The molecular formula is C22H28N2O2. The highest BCUT2D eigenvalue weighted by atomic mass is 16.3. The molecule has 4 nitrogen and oxygen atoms in total. The zero-order valence-electron chi connectivity index (χ0n) is 15.6. The summed E-state index contributed by atoms with van der Waals surface area (Å²) < 4.78 is 0. The first kappa shape index (κ1) is 18.5. The van der Waals surface area contributed by atoms with Crippen molar-refractivity contribution in [1.82, 2.24) is 4.90 Å². The van der Waals surface area contributed by atoms with E-state index in [2.05, 4.69) is 11.8 Å². The molecule has 2 aromatic carbocycles. The minimum Gasteiger partial charge on any atom is -0.508 e. The summed E-state index contributed by atoms with van der Waals surface area (Å²) in [6.07, 6.45) is 2.40. The molecule has 4 heteroatoms. The van der Waals surface area contributed by atoms with Crippen LogP contribution in [0.5, 0.6) is 5.75 Å². The van der Waals surface area contributed by atoms with Crippen LogP contribution in [0.25, 0.3) is 0 Å². The fraction of sp³-hybridized carbons (Fsp3) is 0.409. The largest absolute Gasteiger partial charge is 0.508 e. The van der Waals surface area contributed by atoms with Crippen LogP contribution in [-0.4, -0.2) is 35.0 Å². The van der Waals surface area contributed by atoms with Crippen molar-refractivity contribution in [2.24, 2.45) is 0 Å². The van der Waals surface area contributed by atoms with Crippen LogP contribution in [-0.2, 0) is 4.79 Å². The predicted molar refractivity (Wildman–Crippen MR) is 105 cm³/mol. The van der Waals surface area contributed by atoms with E-state index in [9.17, 15) is 9.90 Å². The normalized spacial score (nSPS) is 17.0. The lowest BCUT2D eigenvalue weighted by atomic mass is 9.98. The third-order valence-electron chi connectivity index (χ3n) is 5.40. The van der Waals surface area contributed by atoms with E-state index < -0.39 is 0 Å². The van der Waals surface area contributed by atoms with Crippen LogP contribution in [0.1, 0.15) is 44.7 Å². The number of phenols is 1. The monoisotopic (exact) mass is 352 g/mol. The Morgan fingerprint density at radius 1 is 1.12 bits per heavy atom. The molecular weight excluding hydrogens is 324 g/mol. The number of likely N-dealkylation sites (tertiary alicyclic amines) is 1. The van der Waals surface area contributed by atoms with Crippen LogP contribution in [0.4, 0.5) is 5.69 Å². The standard InChI is InChI=1S/C22H28N2O2/c1-3-22(26)24(18-9-5-4-6-10-18)19-13-15-23(16-14-19)17(2)20-11-7-8-12-21(20)25/h4-12,17,19,25H,3,13-16H2,1-2H3/t17-/m1/s1. The van der Waals surface area contributed by atoms with Gasteiger partial charge in [-0.05, 0) is 38.0 Å². The number of hydrogen-bond donors (Lipinski definition) is 1. The van der Waals surface area contributed by atoms with Gasteiger partial charge in [-0.3, -0.25) is 9.69 Å². The van der Waals surface area contributed by atoms with Crippen molar-refractivity contribution >= 4 is 11.6 Å². The molecule has 1 heterocycles. The summed E-state index contributed by atoms with van der Waals surface area (Å²) in [5.74, 6) is 0.539. The number of amides is 1. The molecule has 0 saturated carbocycles. The van der Waals surface area contributed by atoms with Crippen molar-refractivity contribution < 1.29 is 9.90 Å². The third kappa shape index (κ3) is 3.91. The molecule has 2 aromatic rings. The molecule has 0 aromatic heterocycles. The molecule has 1 fully saturated rings. The van der Waals surface area contributed by atoms with Crippen molar-refractivity contribution in [3.63, 3.8) is 0 Å². The quantitative estimate of drug-likeness (QED) is 0.869. The van der Waals surface area contributed by atoms with Crippen molar-refractivity contribution in [3.8, 4) is 5.75 Å². The predicted octanol–water partition coefficient (Wildman–Crippen LogP) is 4.36. The highest BCUT2D eigenvalue weighted by Gasteiger charge is 2.30. The van der Waals surface area contributed by atoms with E-state index in [0.29, 0.717) is 12.2 Å². The second-order valence-corrected chi connectivity index (χ2v) is 6.95. The van der Waals surface area contributed by atoms with Gasteiger partial charge in [-0.1, -0.05) is 43.3 Å². The van der Waals surface area contributed by atoms with Gasteiger partial charge in [-0.15, -0.1) is 0 Å². The van der Waals surface area contributed by atoms with Crippen LogP contribution in [0, 0.1) is 0 Å². The number of hydrogen-bond acceptors (Lipinski definition) is 3. The van der Waals surface area contributed by atoms with Crippen molar-refractivity contribution in [2.75, 3.05) is 18.0 Å². The Balaban J connectivity index is 1.70. The van der Waals surface area contributed by atoms with Crippen molar-refractivity contribution in [2.45, 2.75) is 45.2 Å². The summed E-state index contributed by atoms with van der Waals surface area (Å²) in [6.45, 7) is 5.90. The molecule has 1 N–H and O–H groups in total. The molecule has 3 rings (SSSR count). The van der Waals surface area contributed by atoms with Crippen LogP contribution in [0.2, 0.25) is 0 Å². The summed E-state index contributed by atoms with van der Waals surface area (Å²) in [5.41, 5.74) is 1.96. The van der Waals surface area contributed by atoms with E-state index >= 15 is 0 Å². The summed E-state index contributed by atoms with van der Waals surface area (Å²) in [7, 11) is 0. The van der Waals surface area contributed by atoms with E-state index in [-0.39, 0.29) is 18.0 Å². The number of rotatable bonds is 5. The lowest BCUT2D eigenvalue weighted by Crippen LogP contribution is -2.48. The van der Waals surface area contributed by atoms with Gasteiger partial charge in [0.15, 0.2) is 0 Å². The van der Waals surface area contributed by atoms with E-state index in [1.54, 1.807) is 6.07 Å². The second kappa shape index (κ2) is 8.37. The number of aromatic hydroxyl groups is 1. The highest BCUT2D eigenvalue weighted by molar-refractivity contribution is 5.93. The highest BCUT2D eigenvalue weighted by Crippen LogP contribution is 2.32.